The maximum absolute atomic E-state index is 13.0. The van der Waals surface area contributed by atoms with Crippen LogP contribution in [0.5, 0.6) is 0 Å². The molecule has 0 bridgehead atoms. The molecule has 0 aliphatic heterocycles. The lowest BCUT2D eigenvalue weighted by atomic mass is 10.0. The van der Waals surface area contributed by atoms with Gasteiger partial charge in [-0.05, 0) is 18.1 Å². The molecule has 1 aromatic rings. The van der Waals surface area contributed by atoms with Crippen molar-refractivity contribution < 1.29 is 18.7 Å². The molecule has 1 N–H and O–H groups in total. The fraction of sp³-hybridized carbons (Fsp3) is 0.300. The van der Waals surface area contributed by atoms with Crippen LogP contribution < -0.4 is 0 Å². The quantitative estimate of drug-likeness (QED) is 0.817. The van der Waals surface area contributed by atoms with Gasteiger partial charge in [0.2, 0.25) is 0 Å². The number of hydrogen-bond acceptors (Lipinski definition) is 1. The Morgan fingerprint density at radius 2 is 2.13 bits per heavy atom. The van der Waals surface area contributed by atoms with E-state index in [9.17, 15) is 13.6 Å². The zero-order chi connectivity index (χ0) is 11.6. The van der Waals surface area contributed by atoms with Gasteiger partial charge in [0.15, 0.2) is 11.6 Å². The Labute approximate surface area is 90.5 Å². The van der Waals surface area contributed by atoms with Crippen LogP contribution in [0.3, 0.4) is 0 Å². The Hall–Kier alpha value is -1.16. The topological polar surface area (TPSA) is 37.3 Å². The van der Waals surface area contributed by atoms with Gasteiger partial charge >= 0.3 is 5.97 Å². The van der Waals surface area contributed by atoms with E-state index in [-0.39, 0.29) is 11.4 Å². The monoisotopic (exact) mass is 234 g/mol. The Morgan fingerprint density at radius 1 is 1.53 bits per heavy atom. The fourth-order valence-electron chi connectivity index (χ4n) is 1.14. The highest BCUT2D eigenvalue weighted by Gasteiger charge is 2.17. The molecule has 0 amide bonds. The van der Waals surface area contributed by atoms with Gasteiger partial charge in [-0.3, -0.25) is 4.79 Å². The second kappa shape index (κ2) is 4.57. The van der Waals surface area contributed by atoms with Crippen molar-refractivity contribution >= 4 is 17.6 Å². The molecular weight excluding hydrogens is 226 g/mol. The minimum Gasteiger partial charge on any atom is -0.481 e. The van der Waals surface area contributed by atoms with E-state index in [1.807, 2.05) is 0 Å². The first kappa shape index (κ1) is 11.9. The lowest BCUT2D eigenvalue weighted by Crippen LogP contribution is -2.12. The Kier molecular flexibility index (Phi) is 3.63. The maximum atomic E-state index is 13.0. The van der Waals surface area contributed by atoms with E-state index in [2.05, 4.69) is 0 Å². The normalized spacial score (nSPS) is 12.5. The summed E-state index contributed by atoms with van der Waals surface area (Å²) < 4.78 is 25.7. The molecule has 0 heterocycles. The number of halogens is 3. The van der Waals surface area contributed by atoms with Gasteiger partial charge in [-0.25, -0.2) is 8.78 Å². The van der Waals surface area contributed by atoms with Crippen molar-refractivity contribution in [3.63, 3.8) is 0 Å². The number of carbonyl (C=O) groups is 1. The van der Waals surface area contributed by atoms with Crippen LogP contribution in [0.4, 0.5) is 8.78 Å². The zero-order valence-electron chi connectivity index (χ0n) is 7.93. The smallest absolute Gasteiger partial charge is 0.306 e. The molecule has 0 aromatic heterocycles. The summed E-state index contributed by atoms with van der Waals surface area (Å²) in [7, 11) is 0. The average Bonchev–Trinajstić information content (AvgIpc) is 2.18. The molecule has 1 rings (SSSR count). The standard InChI is InChI=1S/C10H9ClF2O2/c1-5(10(14)15)4-6-2-3-7(12)9(13)8(6)11/h2-3,5H,4H2,1H3,(H,14,15). The third-order valence-electron chi connectivity index (χ3n) is 2.06. The number of benzene rings is 1. The molecule has 5 heteroatoms. The third kappa shape index (κ3) is 2.65. The maximum Gasteiger partial charge on any atom is 0.306 e. The first-order chi connectivity index (χ1) is 6.93. The van der Waals surface area contributed by atoms with E-state index in [4.69, 9.17) is 16.7 Å². The lowest BCUT2D eigenvalue weighted by Gasteiger charge is -2.08. The van der Waals surface area contributed by atoms with Gasteiger partial charge in [-0.2, -0.15) is 0 Å². The minimum absolute atomic E-state index is 0.0748. The van der Waals surface area contributed by atoms with Gasteiger partial charge < -0.3 is 5.11 Å². The molecule has 15 heavy (non-hydrogen) atoms. The molecule has 2 nitrogen and oxygen atoms in total. The minimum atomic E-state index is -1.13. The predicted octanol–water partition coefficient (Wildman–Crippen LogP) is 2.88. The van der Waals surface area contributed by atoms with Crippen LogP contribution >= 0.6 is 11.6 Å². The summed E-state index contributed by atoms with van der Waals surface area (Å²) in [5.74, 6) is -3.86. The first-order valence-corrected chi connectivity index (χ1v) is 4.66. The summed E-state index contributed by atoms with van der Waals surface area (Å²) in [5.41, 5.74) is 0.297. The zero-order valence-corrected chi connectivity index (χ0v) is 8.68. The molecule has 1 atom stereocenters. The highest BCUT2D eigenvalue weighted by molar-refractivity contribution is 6.31. The van der Waals surface area contributed by atoms with Gasteiger partial charge in [0.1, 0.15) is 0 Å². The first-order valence-electron chi connectivity index (χ1n) is 4.28. The molecular formula is C10H9ClF2O2. The molecule has 82 valence electrons. The number of carboxylic acid groups (broad SMARTS) is 1. The van der Waals surface area contributed by atoms with Crippen molar-refractivity contribution in [1.29, 1.82) is 0 Å². The molecule has 0 aliphatic carbocycles. The van der Waals surface area contributed by atoms with Crippen LogP contribution in [0.1, 0.15) is 12.5 Å². The summed E-state index contributed by atoms with van der Waals surface area (Å²) in [5, 5.41) is 8.30. The molecule has 0 radical (unpaired) electrons. The predicted molar refractivity (Wildman–Crippen MR) is 51.9 cm³/mol. The van der Waals surface area contributed by atoms with Crippen LogP contribution in [0.25, 0.3) is 0 Å². The molecule has 0 saturated heterocycles. The van der Waals surface area contributed by atoms with E-state index >= 15 is 0 Å². The Balaban J connectivity index is 2.97. The summed E-state index contributed by atoms with van der Waals surface area (Å²) >= 11 is 5.54. The second-order valence-electron chi connectivity index (χ2n) is 3.28. The van der Waals surface area contributed by atoms with Crippen molar-refractivity contribution in [2.45, 2.75) is 13.3 Å². The molecule has 1 unspecified atom stereocenters. The molecule has 0 saturated carbocycles. The van der Waals surface area contributed by atoms with Gasteiger partial charge in [-0.15, -0.1) is 0 Å². The molecule has 0 fully saturated rings. The van der Waals surface area contributed by atoms with Crippen molar-refractivity contribution in [2.75, 3.05) is 0 Å². The van der Waals surface area contributed by atoms with Gasteiger partial charge in [0, 0.05) is 0 Å². The van der Waals surface area contributed by atoms with E-state index in [1.165, 1.54) is 13.0 Å². The molecule has 0 aliphatic rings. The largest absolute Gasteiger partial charge is 0.481 e. The summed E-state index contributed by atoms with van der Waals surface area (Å²) in [6.07, 6.45) is 0.0748. The summed E-state index contributed by atoms with van der Waals surface area (Å²) in [6.45, 7) is 1.47. The summed E-state index contributed by atoms with van der Waals surface area (Å²) in [4.78, 5) is 10.6. The highest BCUT2D eigenvalue weighted by atomic mass is 35.5. The van der Waals surface area contributed by atoms with E-state index in [1.54, 1.807) is 0 Å². The van der Waals surface area contributed by atoms with Crippen LogP contribution in [0, 0.1) is 17.6 Å². The van der Waals surface area contributed by atoms with Crippen LogP contribution in [-0.2, 0) is 11.2 Å². The Bertz CT molecular complexity index is 393. The summed E-state index contributed by atoms with van der Waals surface area (Å²) in [6, 6.07) is 2.23. The fourth-order valence-corrected chi connectivity index (χ4v) is 1.37. The molecule has 0 spiro atoms. The van der Waals surface area contributed by atoms with Gasteiger partial charge in [-0.1, -0.05) is 24.6 Å². The van der Waals surface area contributed by atoms with Crippen molar-refractivity contribution in [3.05, 3.63) is 34.4 Å². The number of carboxylic acids is 1. The van der Waals surface area contributed by atoms with Crippen LogP contribution in [-0.4, -0.2) is 11.1 Å². The van der Waals surface area contributed by atoms with Gasteiger partial charge in [0.25, 0.3) is 0 Å². The van der Waals surface area contributed by atoms with Crippen molar-refractivity contribution in [1.82, 2.24) is 0 Å². The second-order valence-corrected chi connectivity index (χ2v) is 3.66. The van der Waals surface area contributed by atoms with Gasteiger partial charge in [0.05, 0.1) is 10.9 Å². The van der Waals surface area contributed by atoms with Crippen molar-refractivity contribution in [2.24, 2.45) is 5.92 Å². The third-order valence-corrected chi connectivity index (χ3v) is 2.47. The van der Waals surface area contributed by atoms with E-state index in [0.717, 1.165) is 6.07 Å². The SMILES string of the molecule is CC(Cc1ccc(F)c(F)c1Cl)C(=O)O. The average molecular weight is 235 g/mol. The highest BCUT2D eigenvalue weighted by Crippen LogP contribution is 2.24. The van der Waals surface area contributed by atoms with E-state index < -0.39 is 23.5 Å². The van der Waals surface area contributed by atoms with Crippen molar-refractivity contribution in [3.8, 4) is 0 Å². The number of rotatable bonds is 3. The van der Waals surface area contributed by atoms with Crippen LogP contribution in [0.15, 0.2) is 12.1 Å². The van der Waals surface area contributed by atoms with E-state index in [0.29, 0.717) is 5.56 Å². The number of aliphatic carboxylic acids is 1. The Morgan fingerprint density at radius 3 is 2.67 bits per heavy atom. The van der Waals surface area contributed by atoms with Crippen LogP contribution in [0.2, 0.25) is 5.02 Å². The molecule has 1 aromatic carbocycles. The number of hydrogen-bond donors (Lipinski definition) is 1. The lowest BCUT2D eigenvalue weighted by molar-refractivity contribution is -0.141.